The van der Waals surface area contributed by atoms with Gasteiger partial charge in [-0.3, -0.25) is 19.2 Å². The van der Waals surface area contributed by atoms with Crippen LogP contribution in [0.2, 0.25) is 23.2 Å². The summed E-state index contributed by atoms with van der Waals surface area (Å²) in [4.78, 5) is 47.5. The van der Waals surface area contributed by atoms with Crippen LogP contribution in [-0.4, -0.2) is 68.7 Å². The van der Waals surface area contributed by atoms with Crippen molar-refractivity contribution in [2.45, 2.75) is 78.6 Å². The molecule has 0 amide bonds. The van der Waals surface area contributed by atoms with Crippen molar-refractivity contribution in [3.05, 3.63) is 0 Å². The Labute approximate surface area is 216 Å². The molecule has 2 atom stereocenters. The van der Waals surface area contributed by atoms with Crippen molar-refractivity contribution in [2.75, 3.05) is 28.4 Å². The molecule has 0 rings (SSSR count). The van der Waals surface area contributed by atoms with E-state index in [1.807, 2.05) is 13.8 Å². The van der Waals surface area contributed by atoms with E-state index in [1.165, 1.54) is 42.3 Å². The average molecular weight is 688 g/mol. The maximum Gasteiger partial charge on any atom is 2.00 e. The third-order valence-corrected chi connectivity index (χ3v) is 13.6. The summed E-state index contributed by atoms with van der Waals surface area (Å²) < 4.78 is 21.6. The van der Waals surface area contributed by atoms with Crippen LogP contribution < -0.4 is 0 Å². The van der Waals surface area contributed by atoms with Crippen molar-refractivity contribution < 1.29 is 57.9 Å². The number of carbonyl (C=O) groups excluding carboxylic acids is 4. The van der Waals surface area contributed by atoms with Gasteiger partial charge in [-0.05, 0) is 25.9 Å². The van der Waals surface area contributed by atoms with E-state index in [4.69, 9.17) is 17.7 Å². The molecule has 0 aromatic rings. The van der Waals surface area contributed by atoms with Gasteiger partial charge in [-0.2, -0.15) is 0 Å². The first kappa shape index (κ1) is 37.2. The molecule has 0 aromatic carbocycles. The number of hydrogen-bond donors (Lipinski definition) is 0. The van der Waals surface area contributed by atoms with Crippen molar-refractivity contribution in [3.8, 4) is 0 Å². The molecule has 0 aromatic heterocycles. The maximum absolute atomic E-state index is 12.1. The topological polar surface area (TPSA) is 105 Å². The Morgan fingerprint density at radius 2 is 0.818 bits per heavy atom. The summed E-state index contributed by atoms with van der Waals surface area (Å²) in [5, 5.41) is 0. The summed E-state index contributed by atoms with van der Waals surface area (Å²) in [6, 6.07) is 1.17. The SMILES string of the molecule is CC[Si](OC)(OC)C(C(C)=O)C(=O)C(C)C.CC[Si](OC)(OC)C(C(C)=O)C(=O)C(C)C.[Pt+2]. The van der Waals surface area contributed by atoms with Crippen LogP contribution in [0.3, 0.4) is 0 Å². The predicted octanol–water partition coefficient (Wildman–Crippen LogP) is 3.85. The number of ketones is 4. The molecule has 33 heavy (non-hydrogen) atoms. The molecule has 196 valence electrons. The van der Waals surface area contributed by atoms with Crippen molar-refractivity contribution in [1.82, 2.24) is 0 Å². The zero-order chi connectivity index (χ0) is 25.9. The van der Waals surface area contributed by atoms with E-state index >= 15 is 0 Å². The van der Waals surface area contributed by atoms with Crippen LogP contribution in [0.1, 0.15) is 55.4 Å². The third-order valence-electron chi connectivity index (χ3n) is 5.77. The van der Waals surface area contributed by atoms with E-state index in [0.717, 1.165) is 0 Å². The third kappa shape index (κ3) is 9.66. The first-order chi connectivity index (χ1) is 14.7. The molecule has 0 aliphatic heterocycles. The number of carbonyl (C=O) groups is 4. The van der Waals surface area contributed by atoms with E-state index in [-0.39, 0.29) is 56.0 Å². The summed E-state index contributed by atoms with van der Waals surface area (Å²) >= 11 is 0. The van der Waals surface area contributed by atoms with E-state index in [0.29, 0.717) is 12.1 Å². The van der Waals surface area contributed by atoms with Crippen LogP contribution in [0, 0.1) is 11.8 Å². The molecule has 0 radical (unpaired) electrons. The molecule has 0 N–H and O–H groups in total. The Morgan fingerprint density at radius 1 is 0.606 bits per heavy atom. The van der Waals surface area contributed by atoms with Gasteiger partial charge in [0.25, 0.3) is 0 Å². The monoisotopic (exact) mass is 687 g/mol. The van der Waals surface area contributed by atoms with Gasteiger partial charge in [-0.25, -0.2) is 0 Å². The second-order valence-electron chi connectivity index (χ2n) is 8.35. The molecular formula is C22H44O8PtSi2+2. The molecule has 8 nitrogen and oxygen atoms in total. The molecule has 0 saturated heterocycles. The summed E-state index contributed by atoms with van der Waals surface area (Å²) in [5.74, 6) is -0.837. The van der Waals surface area contributed by atoms with Crippen LogP contribution in [0.4, 0.5) is 0 Å². The molecule has 0 aliphatic carbocycles. The van der Waals surface area contributed by atoms with Crippen LogP contribution in [0.5, 0.6) is 0 Å². The van der Waals surface area contributed by atoms with Gasteiger partial charge in [0.1, 0.15) is 34.2 Å². The fourth-order valence-corrected chi connectivity index (χ4v) is 9.76. The van der Waals surface area contributed by atoms with Crippen molar-refractivity contribution in [1.29, 1.82) is 0 Å². The van der Waals surface area contributed by atoms with Gasteiger partial charge in [-0.1, -0.05) is 41.5 Å². The minimum Gasteiger partial charge on any atom is -0.397 e. The minimum absolute atomic E-state index is 0. The zero-order valence-electron chi connectivity index (χ0n) is 22.3. The molecule has 0 fully saturated rings. The van der Waals surface area contributed by atoms with E-state index in [2.05, 4.69) is 0 Å². The van der Waals surface area contributed by atoms with Gasteiger partial charge in [0, 0.05) is 40.3 Å². The summed E-state index contributed by atoms with van der Waals surface area (Å²) in [6.45, 7) is 13.8. The average Bonchev–Trinajstić information content (AvgIpc) is 2.74. The quantitative estimate of drug-likeness (QED) is 0.201. The van der Waals surface area contributed by atoms with Crippen LogP contribution in [-0.2, 0) is 57.9 Å². The largest absolute Gasteiger partial charge is 2.00 e. The molecule has 0 heterocycles. The second kappa shape index (κ2) is 17.1. The Hall–Kier alpha value is -0.358. The van der Waals surface area contributed by atoms with Crippen molar-refractivity contribution >= 4 is 40.3 Å². The predicted molar refractivity (Wildman–Crippen MR) is 129 cm³/mol. The summed E-state index contributed by atoms with van der Waals surface area (Å²) in [6.07, 6.45) is 0. The first-order valence-electron chi connectivity index (χ1n) is 11.0. The normalized spacial score (nSPS) is 13.5. The molecular weight excluding hydrogens is 643 g/mol. The van der Waals surface area contributed by atoms with E-state index in [9.17, 15) is 19.2 Å². The summed E-state index contributed by atoms with van der Waals surface area (Å²) in [5.41, 5.74) is -1.43. The maximum atomic E-state index is 12.1. The Kier molecular flexibility index (Phi) is 19.3. The molecule has 0 bridgehead atoms. The van der Waals surface area contributed by atoms with Gasteiger partial charge in [0.2, 0.25) is 0 Å². The van der Waals surface area contributed by atoms with Gasteiger partial charge in [0.05, 0.1) is 0 Å². The standard InChI is InChI=1S/2C11H22O4Si.Pt/c2*1-7-16(14-5,15-6)11(9(4)12)10(13)8(2)3;/h2*8,11H,7H2,1-6H3;/q;;+2. The smallest absolute Gasteiger partial charge is 0.397 e. The van der Waals surface area contributed by atoms with Crippen LogP contribution >= 0.6 is 0 Å². The van der Waals surface area contributed by atoms with Crippen LogP contribution in [0.25, 0.3) is 0 Å². The molecule has 11 heteroatoms. The molecule has 0 saturated carbocycles. The molecule has 0 aliphatic rings. The number of rotatable bonds is 14. The van der Waals surface area contributed by atoms with Gasteiger partial charge < -0.3 is 17.7 Å². The van der Waals surface area contributed by atoms with Crippen molar-refractivity contribution in [2.24, 2.45) is 11.8 Å². The second-order valence-corrected chi connectivity index (χ2v) is 15.8. The van der Waals surface area contributed by atoms with E-state index in [1.54, 1.807) is 27.7 Å². The number of hydrogen-bond acceptors (Lipinski definition) is 8. The van der Waals surface area contributed by atoms with Gasteiger partial charge >= 0.3 is 38.2 Å². The fourth-order valence-electron chi connectivity index (χ4n) is 3.74. The molecule has 2 unspecified atom stereocenters. The van der Waals surface area contributed by atoms with Gasteiger partial charge in [-0.15, -0.1) is 0 Å². The van der Waals surface area contributed by atoms with Gasteiger partial charge in [0.15, 0.2) is 0 Å². The Bertz CT molecular complexity index is 561. The zero-order valence-corrected chi connectivity index (χ0v) is 26.6. The minimum atomic E-state index is -2.73. The Balaban J connectivity index is -0.000000529. The fraction of sp³-hybridized carbons (Fsp3) is 0.818. The molecule has 0 spiro atoms. The van der Waals surface area contributed by atoms with Crippen molar-refractivity contribution in [3.63, 3.8) is 0 Å². The van der Waals surface area contributed by atoms with E-state index < -0.39 is 28.2 Å². The number of Topliss-reactive ketones (excluding diaryl/α,β-unsaturated/α-hetero) is 4. The first-order valence-corrected chi connectivity index (χ1v) is 15.2. The Morgan fingerprint density at radius 3 is 0.909 bits per heavy atom. The summed E-state index contributed by atoms with van der Waals surface area (Å²) in [7, 11) is 0.597. The van der Waals surface area contributed by atoms with Crippen LogP contribution in [0.15, 0.2) is 0 Å².